The zero-order valence-corrected chi connectivity index (χ0v) is 13.5. The molecule has 112 valence electrons. The first kappa shape index (κ1) is 14.8. The second-order valence-corrected chi connectivity index (χ2v) is 7.07. The maximum absolute atomic E-state index is 13.8. The molecule has 3 rings (SSSR count). The molecule has 0 spiro atoms. The highest BCUT2D eigenvalue weighted by molar-refractivity contribution is 7.16. The SMILES string of the molecule is COc1ccc(C(C)NC2CCc3sc(Cl)cc32)cc1F. The number of methoxy groups -OCH3 is 1. The van der Waals surface area contributed by atoms with Gasteiger partial charge in [0.1, 0.15) is 0 Å². The molecule has 0 amide bonds. The Hall–Kier alpha value is -1.10. The molecular formula is C16H17ClFNOS. The Morgan fingerprint density at radius 3 is 2.95 bits per heavy atom. The van der Waals surface area contributed by atoms with Crippen LogP contribution in [0.2, 0.25) is 4.34 Å². The minimum atomic E-state index is -0.325. The Morgan fingerprint density at radius 1 is 1.43 bits per heavy atom. The van der Waals surface area contributed by atoms with Gasteiger partial charge in [-0.05, 0) is 49.1 Å². The van der Waals surface area contributed by atoms with E-state index in [-0.39, 0.29) is 17.6 Å². The van der Waals surface area contributed by atoms with Gasteiger partial charge in [-0.1, -0.05) is 17.7 Å². The van der Waals surface area contributed by atoms with Crippen LogP contribution in [0.25, 0.3) is 0 Å². The fourth-order valence-corrected chi connectivity index (χ4v) is 4.21. The van der Waals surface area contributed by atoms with Crippen molar-refractivity contribution in [3.05, 3.63) is 50.4 Å². The van der Waals surface area contributed by atoms with Crippen molar-refractivity contribution in [2.45, 2.75) is 31.8 Å². The van der Waals surface area contributed by atoms with Crippen molar-refractivity contribution in [2.24, 2.45) is 0 Å². The Kier molecular flexibility index (Phi) is 4.20. The lowest BCUT2D eigenvalue weighted by Gasteiger charge is -2.20. The van der Waals surface area contributed by atoms with Crippen LogP contribution >= 0.6 is 22.9 Å². The van der Waals surface area contributed by atoms with Gasteiger partial charge >= 0.3 is 0 Å². The number of ether oxygens (including phenoxy) is 1. The number of fused-ring (bicyclic) bond motifs is 1. The van der Waals surface area contributed by atoms with Crippen LogP contribution in [0.4, 0.5) is 4.39 Å². The van der Waals surface area contributed by atoms with Crippen LogP contribution in [0.5, 0.6) is 5.75 Å². The molecule has 1 heterocycles. The first-order chi connectivity index (χ1) is 10.1. The Morgan fingerprint density at radius 2 is 2.24 bits per heavy atom. The average molecular weight is 326 g/mol. The van der Waals surface area contributed by atoms with E-state index in [0.717, 1.165) is 22.7 Å². The van der Waals surface area contributed by atoms with Crippen molar-refractivity contribution >= 4 is 22.9 Å². The van der Waals surface area contributed by atoms with Gasteiger partial charge in [0, 0.05) is 17.0 Å². The zero-order chi connectivity index (χ0) is 15.0. The third kappa shape index (κ3) is 2.93. The van der Waals surface area contributed by atoms with Crippen LogP contribution in [-0.2, 0) is 6.42 Å². The molecule has 2 atom stereocenters. The highest BCUT2D eigenvalue weighted by Gasteiger charge is 2.26. The molecule has 1 aromatic carbocycles. The molecule has 2 nitrogen and oxygen atoms in total. The van der Waals surface area contributed by atoms with Crippen molar-refractivity contribution in [2.75, 3.05) is 7.11 Å². The second-order valence-electron chi connectivity index (χ2n) is 5.30. The highest BCUT2D eigenvalue weighted by Crippen LogP contribution is 2.40. The molecule has 0 saturated heterocycles. The van der Waals surface area contributed by atoms with E-state index in [1.807, 2.05) is 19.1 Å². The molecular weight excluding hydrogens is 309 g/mol. The molecule has 0 aliphatic heterocycles. The first-order valence-electron chi connectivity index (χ1n) is 6.96. The summed E-state index contributed by atoms with van der Waals surface area (Å²) < 4.78 is 19.6. The lowest BCUT2D eigenvalue weighted by atomic mass is 10.1. The monoisotopic (exact) mass is 325 g/mol. The molecule has 0 radical (unpaired) electrons. The normalized spacial score (nSPS) is 18.6. The summed E-state index contributed by atoms with van der Waals surface area (Å²) in [4.78, 5) is 1.37. The number of benzene rings is 1. The summed E-state index contributed by atoms with van der Waals surface area (Å²) in [7, 11) is 1.47. The van der Waals surface area contributed by atoms with E-state index < -0.39 is 0 Å². The van der Waals surface area contributed by atoms with E-state index in [2.05, 4.69) is 5.32 Å². The van der Waals surface area contributed by atoms with Gasteiger partial charge in [-0.3, -0.25) is 0 Å². The highest BCUT2D eigenvalue weighted by atomic mass is 35.5. The van der Waals surface area contributed by atoms with Crippen LogP contribution in [0.15, 0.2) is 24.3 Å². The number of hydrogen-bond acceptors (Lipinski definition) is 3. The van der Waals surface area contributed by atoms with Crippen LogP contribution in [0.1, 0.15) is 41.4 Å². The zero-order valence-electron chi connectivity index (χ0n) is 12.0. The summed E-state index contributed by atoms with van der Waals surface area (Å²) >= 11 is 7.74. The van der Waals surface area contributed by atoms with E-state index >= 15 is 0 Å². The third-order valence-electron chi connectivity index (χ3n) is 3.97. The van der Waals surface area contributed by atoms with E-state index in [4.69, 9.17) is 16.3 Å². The van der Waals surface area contributed by atoms with Gasteiger partial charge < -0.3 is 10.1 Å². The van der Waals surface area contributed by atoms with E-state index in [1.165, 1.54) is 23.6 Å². The fourth-order valence-electron chi connectivity index (χ4n) is 2.85. The summed E-state index contributed by atoms with van der Waals surface area (Å²) in [5, 5.41) is 3.57. The Labute approximate surface area is 132 Å². The summed E-state index contributed by atoms with van der Waals surface area (Å²) in [6.45, 7) is 2.05. The molecule has 0 fully saturated rings. The summed E-state index contributed by atoms with van der Waals surface area (Å²) in [6, 6.07) is 7.52. The maximum atomic E-state index is 13.8. The standard InChI is InChI=1S/C16H17ClFNOS/c1-9(10-3-5-14(20-2)12(18)7-10)19-13-4-6-15-11(13)8-16(17)21-15/h3,5,7-9,13,19H,4,6H2,1-2H3. The third-order valence-corrected chi connectivity index (χ3v) is 5.31. The maximum Gasteiger partial charge on any atom is 0.165 e. The molecule has 1 aliphatic rings. The van der Waals surface area contributed by atoms with Gasteiger partial charge in [-0.25, -0.2) is 4.39 Å². The number of halogens is 2. The predicted molar refractivity (Wildman–Crippen MR) is 84.9 cm³/mol. The average Bonchev–Trinajstić information content (AvgIpc) is 2.99. The van der Waals surface area contributed by atoms with Crippen molar-refractivity contribution in [1.29, 1.82) is 0 Å². The minimum Gasteiger partial charge on any atom is -0.494 e. The summed E-state index contributed by atoms with van der Waals surface area (Å²) in [5.74, 6) is -0.0481. The van der Waals surface area contributed by atoms with Gasteiger partial charge in [-0.2, -0.15) is 0 Å². The smallest absolute Gasteiger partial charge is 0.165 e. The molecule has 21 heavy (non-hydrogen) atoms. The van der Waals surface area contributed by atoms with Gasteiger partial charge in [0.15, 0.2) is 11.6 Å². The number of hydrogen-bond donors (Lipinski definition) is 1. The first-order valence-corrected chi connectivity index (χ1v) is 8.15. The van der Waals surface area contributed by atoms with Crippen LogP contribution < -0.4 is 10.1 Å². The largest absolute Gasteiger partial charge is 0.494 e. The molecule has 0 bridgehead atoms. The van der Waals surface area contributed by atoms with Gasteiger partial charge in [0.2, 0.25) is 0 Å². The van der Waals surface area contributed by atoms with Crippen molar-refractivity contribution in [3.63, 3.8) is 0 Å². The summed E-state index contributed by atoms with van der Waals surface area (Å²) in [5.41, 5.74) is 2.22. The molecule has 5 heteroatoms. The Bertz CT molecular complexity index is 658. The molecule has 1 aromatic heterocycles. The van der Waals surface area contributed by atoms with Gasteiger partial charge in [0.05, 0.1) is 11.4 Å². The molecule has 0 saturated carbocycles. The van der Waals surface area contributed by atoms with Crippen LogP contribution in [0, 0.1) is 5.82 Å². The van der Waals surface area contributed by atoms with E-state index in [0.29, 0.717) is 6.04 Å². The van der Waals surface area contributed by atoms with E-state index in [9.17, 15) is 4.39 Å². The lowest BCUT2D eigenvalue weighted by Crippen LogP contribution is -2.23. The molecule has 1 aliphatic carbocycles. The lowest BCUT2D eigenvalue weighted by molar-refractivity contribution is 0.385. The van der Waals surface area contributed by atoms with Gasteiger partial charge in [-0.15, -0.1) is 11.3 Å². The topological polar surface area (TPSA) is 21.3 Å². The van der Waals surface area contributed by atoms with E-state index in [1.54, 1.807) is 17.4 Å². The molecule has 1 N–H and O–H groups in total. The van der Waals surface area contributed by atoms with Crippen LogP contribution in [0.3, 0.4) is 0 Å². The van der Waals surface area contributed by atoms with Crippen LogP contribution in [-0.4, -0.2) is 7.11 Å². The van der Waals surface area contributed by atoms with Crippen molar-refractivity contribution in [3.8, 4) is 5.75 Å². The quantitative estimate of drug-likeness (QED) is 0.864. The number of thiophene rings is 1. The predicted octanol–water partition coefficient (Wildman–Crippen LogP) is 4.89. The van der Waals surface area contributed by atoms with Gasteiger partial charge in [0.25, 0.3) is 0 Å². The molecule has 2 aromatic rings. The summed E-state index contributed by atoms with van der Waals surface area (Å²) in [6.07, 6.45) is 2.13. The Balaban J connectivity index is 1.75. The number of aryl methyl sites for hydroxylation is 1. The van der Waals surface area contributed by atoms with Crippen molar-refractivity contribution < 1.29 is 9.13 Å². The second kappa shape index (κ2) is 5.95. The molecule has 2 unspecified atom stereocenters. The number of rotatable bonds is 4. The fraction of sp³-hybridized carbons (Fsp3) is 0.375. The van der Waals surface area contributed by atoms with Crippen molar-refractivity contribution in [1.82, 2.24) is 5.32 Å². The minimum absolute atomic E-state index is 0.0695. The number of nitrogens with one attached hydrogen (secondary N) is 1.